The number of aliphatic hydroxyl groups is 1. The molecule has 0 unspecified atom stereocenters. The number of likely N-dealkylation sites (N-methyl/N-ethyl adjacent to an activating group) is 1. The Bertz CT molecular complexity index is 916. The Morgan fingerprint density at radius 2 is 1.94 bits per heavy atom. The minimum atomic E-state index is -0.970. The lowest BCUT2D eigenvalue weighted by Crippen LogP contribution is -2.45. The summed E-state index contributed by atoms with van der Waals surface area (Å²) in [6.45, 7) is 7.22. The normalized spacial score (nSPS) is 21.2. The molecule has 8 nitrogen and oxygen atoms in total. The smallest absolute Gasteiger partial charge is 0.253 e. The number of hydrogen-bond donors (Lipinski definition) is 1. The minimum absolute atomic E-state index is 0.113. The van der Waals surface area contributed by atoms with E-state index in [1.54, 1.807) is 24.1 Å². The van der Waals surface area contributed by atoms with Gasteiger partial charge in [0.25, 0.3) is 5.91 Å². The number of carbonyl (C=O) groups is 1. The van der Waals surface area contributed by atoms with E-state index in [0.717, 1.165) is 36.9 Å². The van der Waals surface area contributed by atoms with Crippen LogP contribution in [0.3, 0.4) is 0 Å². The van der Waals surface area contributed by atoms with Crippen molar-refractivity contribution in [2.75, 3.05) is 57.8 Å². The number of amides is 1. The highest BCUT2D eigenvalue weighted by Gasteiger charge is 2.38. The van der Waals surface area contributed by atoms with Crippen molar-refractivity contribution in [1.29, 1.82) is 0 Å². The van der Waals surface area contributed by atoms with Crippen LogP contribution in [-0.4, -0.2) is 89.3 Å². The molecule has 3 heterocycles. The molecule has 2 aromatic rings. The van der Waals surface area contributed by atoms with Gasteiger partial charge in [0.15, 0.2) is 0 Å². The van der Waals surface area contributed by atoms with Crippen molar-refractivity contribution in [3.8, 4) is 5.75 Å². The number of aromatic nitrogens is 2. The van der Waals surface area contributed by atoms with E-state index in [2.05, 4.69) is 14.9 Å². The standard InChI is InChI=1S/C24H33N5O3/c1-19-15-22(26-18-25-19)29-12-9-24(31,17-29)16-27(2)23(30)20-5-7-21(8-6-20)32-14-13-28-10-3-4-11-28/h5-8,15,18,31H,3-4,9-14,16-17H2,1-2H3/t24-/m1/s1. The van der Waals surface area contributed by atoms with Crippen molar-refractivity contribution in [1.82, 2.24) is 19.8 Å². The van der Waals surface area contributed by atoms with Crippen LogP contribution >= 0.6 is 0 Å². The zero-order valence-electron chi connectivity index (χ0n) is 19.0. The average molecular weight is 440 g/mol. The van der Waals surface area contributed by atoms with E-state index in [0.29, 0.717) is 31.7 Å². The predicted molar refractivity (Wildman–Crippen MR) is 123 cm³/mol. The van der Waals surface area contributed by atoms with Crippen LogP contribution in [0.4, 0.5) is 5.82 Å². The molecular formula is C24H33N5O3. The third kappa shape index (κ3) is 5.55. The van der Waals surface area contributed by atoms with Crippen LogP contribution in [0.1, 0.15) is 35.3 Å². The summed E-state index contributed by atoms with van der Waals surface area (Å²) in [7, 11) is 1.73. The molecule has 0 bridgehead atoms. The molecule has 2 saturated heterocycles. The number of benzene rings is 1. The summed E-state index contributed by atoms with van der Waals surface area (Å²) in [5.74, 6) is 1.47. The van der Waals surface area contributed by atoms with Crippen LogP contribution in [0.15, 0.2) is 36.7 Å². The molecule has 1 aromatic carbocycles. The summed E-state index contributed by atoms with van der Waals surface area (Å²) in [5.41, 5.74) is 0.507. The van der Waals surface area contributed by atoms with Gasteiger partial charge in [-0.3, -0.25) is 9.69 Å². The Labute approximate surface area is 189 Å². The van der Waals surface area contributed by atoms with E-state index in [1.165, 1.54) is 19.2 Å². The maximum Gasteiger partial charge on any atom is 0.253 e. The Kier molecular flexibility index (Phi) is 6.91. The second-order valence-corrected chi connectivity index (χ2v) is 9.00. The first-order chi connectivity index (χ1) is 15.4. The Morgan fingerprint density at radius 1 is 1.19 bits per heavy atom. The summed E-state index contributed by atoms with van der Waals surface area (Å²) in [6, 6.07) is 9.18. The molecule has 0 saturated carbocycles. The van der Waals surface area contributed by atoms with Crippen molar-refractivity contribution < 1.29 is 14.6 Å². The van der Waals surface area contributed by atoms with Gasteiger partial charge in [-0.2, -0.15) is 0 Å². The van der Waals surface area contributed by atoms with Crippen LogP contribution in [0.5, 0.6) is 5.75 Å². The second kappa shape index (κ2) is 9.83. The SMILES string of the molecule is Cc1cc(N2CC[C@@](O)(CN(C)C(=O)c3ccc(OCCN4CCCC4)cc3)C2)ncn1. The van der Waals surface area contributed by atoms with Gasteiger partial charge in [0, 0.05) is 44.0 Å². The summed E-state index contributed by atoms with van der Waals surface area (Å²) in [4.78, 5) is 27.4. The second-order valence-electron chi connectivity index (χ2n) is 9.00. The molecule has 8 heteroatoms. The first-order valence-electron chi connectivity index (χ1n) is 11.4. The third-order valence-electron chi connectivity index (χ3n) is 6.30. The number of rotatable bonds is 8. The van der Waals surface area contributed by atoms with E-state index < -0.39 is 5.60 Å². The highest BCUT2D eigenvalue weighted by molar-refractivity contribution is 5.94. The van der Waals surface area contributed by atoms with E-state index in [4.69, 9.17) is 4.74 Å². The van der Waals surface area contributed by atoms with Gasteiger partial charge < -0.3 is 19.6 Å². The van der Waals surface area contributed by atoms with E-state index in [9.17, 15) is 9.90 Å². The van der Waals surface area contributed by atoms with Gasteiger partial charge in [0.2, 0.25) is 0 Å². The van der Waals surface area contributed by atoms with Gasteiger partial charge in [-0.1, -0.05) is 0 Å². The number of anilines is 1. The van der Waals surface area contributed by atoms with Crippen LogP contribution in [-0.2, 0) is 0 Å². The van der Waals surface area contributed by atoms with Crippen molar-refractivity contribution in [2.24, 2.45) is 0 Å². The number of β-amino-alcohol motifs (C(OH)–C–C–N with tert-alkyl or cyclic N) is 1. The lowest BCUT2D eigenvalue weighted by molar-refractivity contribution is 0.0264. The molecule has 1 amide bonds. The Hall–Kier alpha value is -2.71. The minimum Gasteiger partial charge on any atom is -0.492 e. The maximum atomic E-state index is 12.9. The van der Waals surface area contributed by atoms with Crippen molar-refractivity contribution >= 4 is 11.7 Å². The quantitative estimate of drug-likeness (QED) is 0.673. The van der Waals surface area contributed by atoms with Gasteiger partial charge in [-0.25, -0.2) is 9.97 Å². The van der Waals surface area contributed by atoms with Gasteiger partial charge in [0.05, 0.1) is 6.54 Å². The molecule has 1 aromatic heterocycles. The molecule has 0 radical (unpaired) electrons. The van der Waals surface area contributed by atoms with Crippen LogP contribution in [0, 0.1) is 6.92 Å². The number of carbonyl (C=O) groups excluding carboxylic acids is 1. The lowest BCUT2D eigenvalue weighted by atomic mass is 10.0. The number of nitrogens with zero attached hydrogens (tertiary/aromatic N) is 5. The molecule has 4 rings (SSSR count). The first-order valence-corrected chi connectivity index (χ1v) is 11.4. The van der Waals surface area contributed by atoms with Gasteiger partial charge >= 0.3 is 0 Å². The van der Waals surface area contributed by atoms with E-state index >= 15 is 0 Å². The van der Waals surface area contributed by atoms with Gasteiger partial charge in [-0.05, 0) is 63.5 Å². The van der Waals surface area contributed by atoms with Gasteiger partial charge in [-0.15, -0.1) is 0 Å². The summed E-state index contributed by atoms with van der Waals surface area (Å²) >= 11 is 0. The molecule has 0 aliphatic carbocycles. The fourth-order valence-electron chi connectivity index (χ4n) is 4.52. The fraction of sp³-hybridized carbons (Fsp3) is 0.542. The highest BCUT2D eigenvalue weighted by atomic mass is 16.5. The summed E-state index contributed by atoms with van der Waals surface area (Å²) < 4.78 is 5.83. The lowest BCUT2D eigenvalue weighted by Gasteiger charge is -2.29. The molecule has 2 aliphatic heterocycles. The molecule has 1 N–H and O–H groups in total. The maximum absolute atomic E-state index is 12.9. The van der Waals surface area contributed by atoms with E-state index in [1.807, 2.05) is 30.0 Å². The molecule has 2 aliphatic rings. The average Bonchev–Trinajstić information content (AvgIpc) is 3.44. The third-order valence-corrected chi connectivity index (χ3v) is 6.30. The molecule has 2 fully saturated rings. The van der Waals surface area contributed by atoms with Crippen molar-refractivity contribution in [2.45, 2.75) is 31.8 Å². The van der Waals surface area contributed by atoms with Crippen LogP contribution in [0.2, 0.25) is 0 Å². The van der Waals surface area contributed by atoms with Crippen LogP contribution in [0.25, 0.3) is 0 Å². The van der Waals surface area contributed by atoms with Crippen molar-refractivity contribution in [3.05, 3.63) is 47.9 Å². The predicted octanol–water partition coefficient (Wildman–Crippen LogP) is 1.97. The molecule has 172 valence electrons. The fourth-order valence-corrected chi connectivity index (χ4v) is 4.52. The topological polar surface area (TPSA) is 82.0 Å². The van der Waals surface area contributed by atoms with Crippen molar-refractivity contribution in [3.63, 3.8) is 0 Å². The van der Waals surface area contributed by atoms with Gasteiger partial charge in [0.1, 0.15) is 30.1 Å². The number of ether oxygens (including phenoxy) is 1. The summed E-state index contributed by atoms with van der Waals surface area (Å²) in [5, 5.41) is 11.1. The number of likely N-dealkylation sites (tertiary alicyclic amines) is 1. The first kappa shape index (κ1) is 22.5. The monoisotopic (exact) mass is 439 g/mol. The number of aryl methyl sites for hydroxylation is 1. The zero-order chi connectivity index (χ0) is 22.6. The Balaban J connectivity index is 1.28. The van der Waals surface area contributed by atoms with Crippen LogP contribution < -0.4 is 9.64 Å². The number of hydrogen-bond acceptors (Lipinski definition) is 7. The Morgan fingerprint density at radius 3 is 2.66 bits per heavy atom. The molecule has 0 spiro atoms. The zero-order valence-corrected chi connectivity index (χ0v) is 19.0. The van der Waals surface area contributed by atoms with E-state index in [-0.39, 0.29) is 12.5 Å². The molecule has 32 heavy (non-hydrogen) atoms. The largest absolute Gasteiger partial charge is 0.492 e. The molecule has 1 atom stereocenters. The highest BCUT2D eigenvalue weighted by Crippen LogP contribution is 2.27. The molecular weight excluding hydrogens is 406 g/mol. The summed E-state index contributed by atoms with van der Waals surface area (Å²) in [6.07, 6.45) is 4.67.